The average Bonchev–Trinajstić information content (AvgIpc) is 2.85. The third-order valence-corrected chi connectivity index (χ3v) is 5.88. The zero-order chi connectivity index (χ0) is 22.8. The van der Waals surface area contributed by atoms with E-state index in [0.717, 1.165) is 21.9 Å². The van der Waals surface area contributed by atoms with Crippen molar-refractivity contribution in [3.63, 3.8) is 0 Å². The first-order valence-corrected chi connectivity index (χ1v) is 10.9. The molecule has 0 radical (unpaired) electrons. The number of fused-ring (bicyclic) bond motifs is 2. The van der Waals surface area contributed by atoms with Gasteiger partial charge in [-0.3, -0.25) is 9.59 Å². The van der Waals surface area contributed by atoms with Crippen LogP contribution in [0.2, 0.25) is 0 Å². The standard InChI is InChI=1S/C29H23NO3/c1-20-14-15-27-26(16-20)28(31)23(19-33-27)18-30(17-21-8-3-2-4-9-21)29(32)25-13-7-11-22-10-5-6-12-24(22)25/h2-16,19H,17-18H2,1H3. The van der Waals surface area contributed by atoms with Crippen LogP contribution in [0.15, 0.2) is 106 Å². The molecule has 0 aliphatic rings. The molecule has 0 saturated heterocycles. The minimum absolute atomic E-state index is 0.108. The maximum atomic E-state index is 13.8. The van der Waals surface area contributed by atoms with E-state index >= 15 is 0 Å². The number of hydrogen-bond acceptors (Lipinski definition) is 3. The Morgan fingerprint density at radius 2 is 1.58 bits per heavy atom. The summed E-state index contributed by atoms with van der Waals surface area (Å²) in [4.78, 5) is 28.7. The maximum Gasteiger partial charge on any atom is 0.255 e. The minimum Gasteiger partial charge on any atom is -0.464 e. The normalized spacial score (nSPS) is 11.1. The molecule has 0 N–H and O–H groups in total. The summed E-state index contributed by atoms with van der Waals surface area (Å²) in [7, 11) is 0. The molecule has 1 amide bonds. The van der Waals surface area contributed by atoms with E-state index in [0.29, 0.717) is 28.6 Å². The van der Waals surface area contributed by atoms with Crippen molar-refractivity contribution < 1.29 is 9.21 Å². The van der Waals surface area contributed by atoms with Crippen molar-refractivity contribution in [3.05, 3.63) is 130 Å². The van der Waals surface area contributed by atoms with Gasteiger partial charge >= 0.3 is 0 Å². The van der Waals surface area contributed by atoms with Crippen LogP contribution in [-0.4, -0.2) is 10.8 Å². The number of rotatable bonds is 5. The van der Waals surface area contributed by atoms with Crippen LogP contribution >= 0.6 is 0 Å². The fourth-order valence-electron chi connectivity index (χ4n) is 4.19. The number of hydrogen-bond donors (Lipinski definition) is 0. The highest BCUT2D eigenvalue weighted by Gasteiger charge is 2.21. The SMILES string of the molecule is Cc1ccc2occ(CN(Cc3ccccc3)C(=O)c3cccc4ccccc34)c(=O)c2c1. The van der Waals surface area contributed by atoms with Gasteiger partial charge in [0.1, 0.15) is 5.58 Å². The van der Waals surface area contributed by atoms with Crippen molar-refractivity contribution in [1.82, 2.24) is 4.90 Å². The fraction of sp³-hybridized carbons (Fsp3) is 0.103. The highest BCUT2D eigenvalue weighted by atomic mass is 16.3. The molecule has 33 heavy (non-hydrogen) atoms. The van der Waals surface area contributed by atoms with Gasteiger partial charge in [-0.2, -0.15) is 0 Å². The number of carbonyl (C=O) groups is 1. The van der Waals surface area contributed by atoms with Gasteiger partial charge in [-0.1, -0.05) is 78.4 Å². The lowest BCUT2D eigenvalue weighted by Gasteiger charge is -2.23. The molecule has 0 aliphatic carbocycles. The van der Waals surface area contributed by atoms with Crippen LogP contribution in [0.5, 0.6) is 0 Å². The maximum absolute atomic E-state index is 13.8. The third kappa shape index (κ3) is 4.15. The van der Waals surface area contributed by atoms with Crippen LogP contribution in [0.4, 0.5) is 0 Å². The molecule has 1 heterocycles. The van der Waals surface area contributed by atoms with E-state index in [1.165, 1.54) is 6.26 Å². The smallest absolute Gasteiger partial charge is 0.255 e. The lowest BCUT2D eigenvalue weighted by Crippen LogP contribution is -2.32. The van der Waals surface area contributed by atoms with Gasteiger partial charge in [0.2, 0.25) is 0 Å². The van der Waals surface area contributed by atoms with Crippen molar-refractivity contribution >= 4 is 27.6 Å². The Morgan fingerprint density at radius 1 is 0.818 bits per heavy atom. The van der Waals surface area contributed by atoms with E-state index in [1.54, 1.807) is 11.0 Å². The zero-order valence-corrected chi connectivity index (χ0v) is 18.3. The van der Waals surface area contributed by atoms with E-state index in [1.807, 2.05) is 91.9 Å². The topological polar surface area (TPSA) is 50.5 Å². The molecule has 0 unspecified atom stereocenters. The lowest BCUT2D eigenvalue weighted by molar-refractivity contribution is 0.0731. The Hall–Kier alpha value is -4.18. The second-order valence-corrected chi connectivity index (χ2v) is 8.26. The molecule has 162 valence electrons. The van der Waals surface area contributed by atoms with Crippen LogP contribution < -0.4 is 5.43 Å². The van der Waals surface area contributed by atoms with Crippen molar-refractivity contribution in [1.29, 1.82) is 0 Å². The molecule has 0 spiro atoms. The van der Waals surface area contributed by atoms with Gasteiger partial charge in [-0.25, -0.2) is 0 Å². The molecule has 4 heteroatoms. The summed E-state index contributed by atoms with van der Waals surface area (Å²) in [6.07, 6.45) is 1.48. The largest absolute Gasteiger partial charge is 0.464 e. The van der Waals surface area contributed by atoms with E-state index in [4.69, 9.17) is 4.42 Å². The second-order valence-electron chi connectivity index (χ2n) is 8.26. The number of benzene rings is 4. The van der Waals surface area contributed by atoms with Gasteiger partial charge in [0.05, 0.1) is 23.8 Å². The Morgan fingerprint density at radius 3 is 2.42 bits per heavy atom. The molecule has 5 aromatic rings. The lowest BCUT2D eigenvalue weighted by atomic mass is 10.0. The monoisotopic (exact) mass is 433 g/mol. The predicted octanol–water partition coefficient (Wildman–Crippen LogP) is 6.10. The molecule has 1 aromatic heterocycles. The molecule has 0 bridgehead atoms. The summed E-state index contributed by atoms with van der Waals surface area (Å²) in [5.74, 6) is -0.126. The van der Waals surface area contributed by atoms with E-state index < -0.39 is 0 Å². The van der Waals surface area contributed by atoms with Crippen molar-refractivity contribution in [3.8, 4) is 0 Å². The molecular formula is C29H23NO3. The number of carbonyl (C=O) groups excluding carboxylic acids is 1. The molecule has 0 aliphatic heterocycles. The van der Waals surface area contributed by atoms with Gasteiger partial charge in [0.25, 0.3) is 5.91 Å². The summed E-state index contributed by atoms with van der Waals surface area (Å²) < 4.78 is 5.75. The Bertz CT molecular complexity index is 1510. The molecule has 4 nitrogen and oxygen atoms in total. The number of amides is 1. The predicted molar refractivity (Wildman–Crippen MR) is 131 cm³/mol. The van der Waals surface area contributed by atoms with Crippen LogP contribution in [0.25, 0.3) is 21.7 Å². The van der Waals surface area contributed by atoms with E-state index in [-0.39, 0.29) is 17.9 Å². The fourth-order valence-corrected chi connectivity index (χ4v) is 4.19. The van der Waals surface area contributed by atoms with Crippen LogP contribution in [0.3, 0.4) is 0 Å². The molecule has 0 saturated carbocycles. The van der Waals surface area contributed by atoms with Crippen molar-refractivity contribution in [2.75, 3.05) is 0 Å². The van der Waals surface area contributed by atoms with Gasteiger partial charge < -0.3 is 9.32 Å². The molecule has 5 rings (SSSR count). The Kier molecular flexibility index (Phi) is 5.49. The van der Waals surface area contributed by atoms with Gasteiger partial charge in [0.15, 0.2) is 5.43 Å². The molecule has 0 fully saturated rings. The van der Waals surface area contributed by atoms with Crippen LogP contribution in [0, 0.1) is 6.92 Å². The van der Waals surface area contributed by atoms with Gasteiger partial charge in [0, 0.05) is 12.1 Å². The second kappa shape index (κ2) is 8.75. The van der Waals surface area contributed by atoms with E-state index in [9.17, 15) is 9.59 Å². The first-order chi connectivity index (χ1) is 16.1. The first kappa shape index (κ1) is 20.7. The summed E-state index contributed by atoms with van der Waals surface area (Å²) in [5.41, 5.74) is 3.49. The molecular weight excluding hydrogens is 410 g/mol. The summed E-state index contributed by atoms with van der Waals surface area (Å²) in [6, 6.07) is 28.9. The van der Waals surface area contributed by atoms with Crippen molar-refractivity contribution in [2.45, 2.75) is 20.0 Å². The number of aryl methyl sites for hydroxylation is 1. The molecule has 4 aromatic carbocycles. The minimum atomic E-state index is -0.126. The van der Waals surface area contributed by atoms with Crippen molar-refractivity contribution in [2.24, 2.45) is 0 Å². The highest BCUT2D eigenvalue weighted by molar-refractivity contribution is 6.07. The average molecular weight is 434 g/mol. The van der Waals surface area contributed by atoms with Gasteiger partial charge in [-0.05, 0) is 41.5 Å². The Labute approximate surface area is 191 Å². The summed E-state index contributed by atoms with van der Waals surface area (Å²) in [5, 5.41) is 2.43. The number of nitrogens with zero attached hydrogens (tertiary/aromatic N) is 1. The summed E-state index contributed by atoms with van der Waals surface area (Å²) >= 11 is 0. The zero-order valence-electron chi connectivity index (χ0n) is 18.3. The van der Waals surface area contributed by atoms with Crippen LogP contribution in [-0.2, 0) is 13.1 Å². The van der Waals surface area contributed by atoms with Gasteiger partial charge in [-0.15, -0.1) is 0 Å². The quantitative estimate of drug-likeness (QED) is 0.337. The van der Waals surface area contributed by atoms with Crippen LogP contribution in [0.1, 0.15) is 27.0 Å². The Balaban J connectivity index is 1.58. The van der Waals surface area contributed by atoms with E-state index in [2.05, 4.69) is 0 Å². The summed E-state index contributed by atoms with van der Waals surface area (Å²) in [6.45, 7) is 2.48. The highest BCUT2D eigenvalue weighted by Crippen LogP contribution is 2.22. The third-order valence-electron chi connectivity index (χ3n) is 5.88. The first-order valence-electron chi connectivity index (χ1n) is 10.9. The molecule has 0 atom stereocenters.